The monoisotopic (exact) mass is 780 g/mol. The summed E-state index contributed by atoms with van der Waals surface area (Å²) in [7, 11) is 0. The van der Waals surface area contributed by atoms with Crippen molar-refractivity contribution in [3.05, 3.63) is 128 Å². The van der Waals surface area contributed by atoms with E-state index in [1.807, 2.05) is 3.21 Å². The van der Waals surface area contributed by atoms with Crippen LogP contribution in [0.2, 0.25) is 0 Å². The van der Waals surface area contributed by atoms with Crippen molar-refractivity contribution in [1.82, 2.24) is 0 Å². The summed E-state index contributed by atoms with van der Waals surface area (Å²) in [6.07, 6.45) is 13.5. The van der Waals surface area contributed by atoms with Crippen LogP contribution in [-0.2, 0) is 32.1 Å². The number of allylic oxidation sites excluding steroid dienone is 4. The van der Waals surface area contributed by atoms with E-state index < -0.39 is 21.3 Å². The third kappa shape index (κ3) is 7.73. The van der Waals surface area contributed by atoms with Gasteiger partial charge in [-0.1, -0.05) is 0 Å². The van der Waals surface area contributed by atoms with E-state index in [1.54, 1.807) is 14.4 Å². The zero-order valence-electron chi connectivity index (χ0n) is 32.0. The molecule has 262 valence electrons. The summed E-state index contributed by atoms with van der Waals surface area (Å²) in [5, 5.41) is 0. The molecule has 0 atom stereocenters. The number of benzene rings is 4. The molecule has 4 aromatic rings. The molecule has 0 radical (unpaired) electrons. The fourth-order valence-electron chi connectivity index (χ4n) is 8.35. The van der Waals surface area contributed by atoms with Crippen molar-refractivity contribution in [3.63, 3.8) is 0 Å². The largest absolute Gasteiger partial charge is 1.00 e. The molecule has 0 saturated carbocycles. The van der Waals surface area contributed by atoms with Gasteiger partial charge in [-0.3, -0.25) is 0 Å². The van der Waals surface area contributed by atoms with Crippen LogP contribution in [0.25, 0.3) is 33.4 Å². The van der Waals surface area contributed by atoms with Crippen LogP contribution in [0.1, 0.15) is 125 Å². The molecule has 0 heterocycles. The molecule has 0 fully saturated rings. The van der Waals surface area contributed by atoms with Gasteiger partial charge < -0.3 is 24.8 Å². The molecule has 2 aliphatic carbocycles. The van der Waals surface area contributed by atoms with Crippen LogP contribution in [0, 0.1) is 13.8 Å². The summed E-state index contributed by atoms with van der Waals surface area (Å²) >= 11 is -2.45. The Morgan fingerprint density at radius 3 is 1.42 bits per heavy atom. The van der Waals surface area contributed by atoms with Crippen molar-refractivity contribution in [2.75, 3.05) is 0 Å². The van der Waals surface area contributed by atoms with E-state index in [2.05, 4.69) is 160 Å². The third-order valence-electron chi connectivity index (χ3n) is 10.7. The van der Waals surface area contributed by atoms with Gasteiger partial charge in [0.25, 0.3) is 0 Å². The molecule has 50 heavy (non-hydrogen) atoms. The topological polar surface area (TPSA) is 0 Å². The number of rotatable bonds is 8. The maximum absolute atomic E-state index is 2.69. The van der Waals surface area contributed by atoms with E-state index in [0.717, 1.165) is 6.42 Å². The predicted molar refractivity (Wildman–Crippen MR) is 208 cm³/mol. The molecule has 0 N–H and O–H groups in total. The summed E-state index contributed by atoms with van der Waals surface area (Å²) < 4.78 is 4.19. The van der Waals surface area contributed by atoms with Crippen molar-refractivity contribution in [2.24, 2.45) is 0 Å². The molecule has 0 unspecified atom stereocenters. The van der Waals surface area contributed by atoms with Gasteiger partial charge in [0.15, 0.2) is 0 Å². The molecule has 0 saturated heterocycles. The van der Waals surface area contributed by atoms with E-state index in [-0.39, 0.29) is 35.6 Å². The molecule has 0 aliphatic heterocycles. The number of hydrogen-bond acceptors (Lipinski definition) is 0. The second-order valence-corrected chi connectivity index (χ2v) is 23.1. The fraction of sp³-hybridized carbons (Fsp3) is 0.383. The van der Waals surface area contributed by atoms with E-state index >= 15 is 0 Å². The third-order valence-corrected chi connectivity index (χ3v) is 19.3. The smallest absolute Gasteiger partial charge is 1.00 e. The van der Waals surface area contributed by atoms with Crippen molar-refractivity contribution in [3.8, 4) is 33.4 Å². The summed E-state index contributed by atoms with van der Waals surface area (Å²) in [5.41, 5.74) is 17.5. The SMILES string of the molecule is CCC[C](CCC)=[Zr+2]([C]1=CC=CC1)[CH]1c2cc(-c3ccccc3C)c(C(C)(C)C)cc2-c2cc(C(C)(C)C)c(-c3ccccc3C)cc21.[Cl-].[Cl-]. The van der Waals surface area contributed by atoms with Crippen molar-refractivity contribution in [1.29, 1.82) is 0 Å². The first-order valence-corrected chi connectivity index (χ1v) is 22.3. The molecule has 0 amide bonds. The Morgan fingerprint density at radius 1 is 0.620 bits per heavy atom. The summed E-state index contributed by atoms with van der Waals surface area (Å²) in [4.78, 5) is 0. The number of aryl methyl sites for hydroxylation is 2. The summed E-state index contributed by atoms with van der Waals surface area (Å²) in [6, 6.07) is 28.7. The summed E-state index contributed by atoms with van der Waals surface area (Å²) in [5.74, 6) is 0. The molecule has 4 aromatic carbocycles. The maximum atomic E-state index is 2.69. The predicted octanol–water partition coefficient (Wildman–Crippen LogP) is 7.54. The first kappa shape index (κ1) is 40.5. The minimum atomic E-state index is -2.45. The van der Waals surface area contributed by atoms with Gasteiger partial charge in [-0.05, 0) is 0 Å². The van der Waals surface area contributed by atoms with E-state index in [9.17, 15) is 0 Å². The van der Waals surface area contributed by atoms with Gasteiger partial charge in [0.2, 0.25) is 0 Å². The maximum Gasteiger partial charge on any atom is -1.00 e. The average molecular weight is 783 g/mol. The molecule has 0 bridgehead atoms. The molecule has 2 aliphatic rings. The Morgan fingerprint density at radius 2 is 1.06 bits per heavy atom. The first-order valence-electron chi connectivity index (χ1n) is 18.4. The average Bonchev–Trinajstić information content (AvgIpc) is 3.67. The van der Waals surface area contributed by atoms with Gasteiger partial charge in [0.05, 0.1) is 0 Å². The Kier molecular flexibility index (Phi) is 13.1. The molecular weight excluding hydrogens is 727 g/mol. The van der Waals surface area contributed by atoms with E-state index in [4.69, 9.17) is 0 Å². The molecule has 0 aromatic heterocycles. The Labute approximate surface area is 323 Å². The zero-order valence-corrected chi connectivity index (χ0v) is 36.0. The van der Waals surface area contributed by atoms with Crippen LogP contribution in [0.15, 0.2) is 94.3 Å². The van der Waals surface area contributed by atoms with Gasteiger partial charge in [-0.2, -0.15) is 0 Å². The molecule has 6 rings (SSSR count). The van der Waals surface area contributed by atoms with E-state index in [1.165, 1.54) is 81.3 Å². The normalized spacial score (nSPS) is 13.5. The zero-order chi connectivity index (χ0) is 34.4. The number of fused-ring (bicyclic) bond motifs is 3. The second-order valence-electron chi connectivity index (χ2n) is 16.4. The van der Waals surface area contributed by atoms with Crippen LogP contribution in [0.3, 0.4) is 0 Å². The fourth-order valence-corrected chi connectivity index (χ4v) is 18.1. The van der Waals surface area contributed by atoms with Crippen LogP contribution in [0.4, 0.5) is 0 Å². The van der Waals surface area contributed by atoms with Crippen molar-refractivity contribution in [2.45, 2.75) is 116 Å². The minimum Gasteiger partial charge on any atom is -1.00 e. The Hall–Kier alpha value is -2.31. The molecular formula is C47H56Cl2Zr. The minimum absolute atomic E-state index is 0. The quantitative estimate of drug-likeness (QED) is 0.173. The number of halogens is 2. The van der Waals surface area contributed by atoms with Gasteiger partial charge in [0, 0.05) is 0 Å². The van der Waals surface area contributed by atoms with Crippen LogP contribution < -0.4 is 24.8 Å². The molecule has 0 spiro atoms. The first-order chi connectivity index (χ1) is 22.8. The van der Waals surface area contributed by atoms with Gasteiger partial charge in [0.1, 0.15) is 0 Å². The van der Waals surface area contributed by atoms with Crippen molar-refractivity contribution >= 4 is 3.21 Å². The second kappa shape index (κ2) is 16.2. The van der Waals surface area contributed by atoms with Crippen LogP contribution in [0.5, 0.6) is 0 Å². The van der Waals surface area contributed by atoms with E-state index in [0.29, 0.717) is 3.63 Å². The summed E-state index contributed by atoms with van der Waals surface area (Å²) in [6.45, 7) is 23.8. The Balaban J connectivity index is 0.00000281. The molecule has 3 heteroatoms. The van der Waals surface area contributed by atoms with Gasteiger partial charge in [-0.25, -0.2) is 0 Å². The number of hydrogen-bond donors (Lipinski definition) is 0. The van der Waals surface area contributed by atoms with Gasteiger partial charge >= 0.3 is 301 Å². The van der Waals surface area contributed by atoms with Crippen molar-refractivity contribution < 1.29 is 46.1 Å². The van der Waals surface area contributed by atoms with Gasteiger partial charge in [-0.15, -0.1) is 0 Å². The molecule has 0 nitrogen and oxygen atoms in total. The Bertz CT molecular complexity index is 1840. The van der Waals surface area contributed by atoms with Crippen LogP contribution in [-0.4, -0.2) is 3.21 Å². The van der Waals surface area contributed by atoms with Crippen LogP contribution >= 0.6 is 0 Å². The standard InChI is InChI=1S/C35H37.C7H14.C5H5.2ClH.Zr/c1-22-13-9-11-15-26(22)30-18-24-17-25-19-31(27-16-12-10-14-23(27)2)33(35(6,7)8)21-29(25)28(24)20-32(30)34(3,4)5;1-3-5-7-6-4-2;1-2-4-5-3-1;;;/h9-21H,1-8H3;3-6H2,1-2H3;1-3H,4H2;2*1H;/q;;;;;+2/p-2.